The summed E-state index contributed by atoms with van der Waals surface area (Å²) in [7, 11) is 0. The van der Waals surface area contributed by atoms with Gasteiger partial charge in [0.15, 0.2) is 12.2 Å². The summed E-state index contributed by atoms with van der Waals surface area (Å²) in [6.07, 6.45) is 1.22. The minimum Gasteiger partial charge on any atom is -0.486 e. The third-order valence-electron chi connectivity index (χ3n) is 2.58. The highest BCUT2D eigenvalue weighted by Gasteiger charge is 2.13. The molecule has 0 atom stereocenters. The Balaban J connectivity index is 1.96. The van der Waals surface area contributed by atoms with Crippen LogP contribution in [0, 0.1) is 6.92 Å². The van der Waals surface area contributed by atoms with Gasteiger partial charge in [-0.3, -0.25) is 4.79 Å². The predicted molar refractivity (Wildman–Crippen MR) is 74.5 cm³/mol. The van der Waals surface area contributed by atoms with E-state index in [1.165, 1.54) is 6.39 Å². The van der Waals surface area contributed by atoms with Crippen LogP contribution in [-0.2, 0) is 0 Å². The highest BCUT2D eigenvalue weighted by molar-refractivity contribution is 6.02. The van der Waals surface area contributed by atoms with Gasteiger partial charge in [-0.15, -0.1) is 0 Å². The number of carbonyl (C=O) groups is 1. The number of rotatable bonds is 5. The Hall–Kier alpha value is -3.03. The molecule has 4 N–H and O–H groups in total. The molecule has 8 nitrogen and oxygen atoms in total. The van der Waals surface area contributed by atoms with Gasteiger partial charge in [-0.25, -0.2) is 4.98 Å². The molecule has 0 spiro atoms. The normalized spacial score (nSPS) is 11.2. The van der Waals surface area contributed by atoms with E-state index in [4.69, 9.17) is 20.1 Å². The van der Waals surface area contributed by atoms with E-state index in [0.29, 0.717) is 17.1 Å². The van der Waals surface area contributed by atoms with Gasteiger partial charge >= 0.3 is 0 Å². The molecule has 2 aromatic rings. The number of nitrogens with one attached hydrogen (secondary N) is 1. The van der Waals surface area contributed by atoms with Crippen molar-refractivity contribution in [2.75, 3.05) is 11.9 Å². The highest BCUT2D eigenvalue weighted by atomic mass is 16.5. The zero-order valence-electron chi connectivity index (χ0n) is 11.2. The minimum absolute atomic E-state index is 0.0283. The van der Waals surface area contributed by atoms with Gasteiger partial charge in [0.2, 0.25) is 5.76 Å². The second-order valence-corrected chi connectivity index (χ2v) is 4.13. The van der Waals surface area contributed by atoms with Crippen LogP contribution in [0.5, 0.6) is 5.75 Å². The number of aryl methyl sites for hydroxylation is 1. The van der Waals surface area contributed by atoms with E-state index >= 15 is 0 Å². The number of hydrogen-bond acceptors (Lipinski definition) is 6. The van der Waals surface area contributed by atoms with Crippen molar-refractivity contribution in [2.24, 2.45) is 10.9 Å². The Kier molecular flexibility index (Phi) is 4.39. The number of benzene rings is 1. The quantitative estimate of drug-likeness (QED) is 0.330. The number of amidine groups is 1. The number of ether oxygens (including phenoxy) is 1. The summed E-state index contributed by atoms with van der Waals surface area (Å²) in [5, 5.41) is 13.9. The smallest absolute Gasteiger partial charge is 0.293 e. The second kappa shape index (κ2) is 6.42. The number of hydrogen-bond donors (Lipinski definition) is 3. The molecule has 1 amide bonds. The molecule has 0 saturated carbocycles. The third kappa shape index (κ3) is 3.72. The van der Waals surface area contributed by atoms with Crippen molar-refractivity contribution in [1.29, 1.82) is 0 Å². The van der Waals surface area contributed by atoms with Crippen LogP contribution in [0.25, 0.3) is 0 Å². The number of carbonyl (C=O) groups excluding carboxylic acids is 1. The number of oxime groups is 1. The molecule has 0 radical (unpaired) electrons. The fourth-order valence-corrected chi connectivity index (χ4v) is 1.53. The Morgan fingerprint density at radius 3 is 2.76 bits per heavy atom. The molecule has 8 heteroatoms. The van der Waals surface area contributed by atoms with Crippen LogP contribution in [0.3, 0.4) is 0 Å². The number of anilines is 1. The van der Waals surface area contributed by atoms with Gasteiger partial charge in [0.05, 0.1) is 5.69 Å². The topological polar surface area (TPSA) is 123 Å². The van der Waals surface area contributed by atoms with Gasteiger partial charge in [-0.2, -0.15) is 0 Å². The molecule has 0 aliphatic heterocycles. The zero-order chi connectivity index (χ0) is 15.2. The molecular formula is C13H14N4O4. The SMILES string of the molecule is Cc1ncoc1C(=O)Nc1ccc(OC/C(N)=N/O)cc1. The Morgan fingerprint density at radius 1 is 1.48 bits per heavy atom. The van der Waals surface area contributed by atoms with Gasteiger partial charge in [-0.05, 0) is 31.2 Å². The van der Waals surface area contributed by atoms with Gasteiger partial charge in [0, 0.05) is 5.69 Å². The van der Waals surface area contributed by atoms with Crippen molar-refractivity contribution in [2.45, 2.75) is 6.92 Å². The van der Waals surface area contributed by atoms with Crippen molar-refractivity contribution in [1.82, 2.24) is 4.98 Å². The molecule has 0 aliphatic rings. The minimum atomic E-state index is -0.379. The maximum absolute atomic E-state index is 11.9. The van der Waals surface area contributed by atoms with Gasteiger partial charge < -0.3 is 25.4 Å². The van der Waals surface area contributed by atoms with Crippen molar-refractivity contribution in [3.8, 4) is 5.75 Å². The summed E-state index contributed by atoms with van der Waals surface area (Å²) in [4.78, 5) is 15.8. The number of nitrogens with two attached hydrogens (primary N) is 1. The molecule has 2 rings (SSSR count). The molecule has 0 bridgehead atoms. The molecule has 1 heterocycles. The van der Waals surface area contributed by atoms with Crippen molar-refractivity contribution >= 4 is 17.4 Å². The molecule has 110 valence electrons. The van der Waals surface area contributed by atoms with Crippen LogP contribution in [0.15, 0.2) is 40.2 Å². The summed E-state index contributed by atoms with van der Waals surface area (Å²) >= 11 is 0. The first-order valence-corrected chi connectivity index (χ1v) is 6.01. The summed E-state index contributed by atoms with van der Waals surface area (Å²) in [5.41, 5.74) is 6.38. The molecule has 0 fully saturated rings. The molecule has 0 aliphatic carbocycles. The lowest BCUT2D eigenvalue weighted by Gasteiger charge is -2.07. The van der Waals surface area contributed by atoms with Crippen LogP contribution in [0.4, 0.5) is 5.69 Å². The van der Waals surface area contributed by atoms with E-state index < -0.39 is 0 Å². The first-order chi connectivity index (χ1) is 10.1. The molecule has 1 aromatic carbocycles. The Morgan fingerprint density at radius 2 is 2.19 bits per heavy atom. The highest BCUT2D eigenvalue weighted by Crippen LogP contribution is 2.17. The Labute approximate surface area is 120 Å². The standard InChI is InChI=1S/C13H14N4O4/c1-8-12(21-7-15-8)13(18)16-9-2-4-10(5-3-9)20-6-11(14)17-19/h2-5,7,19H,6H2,1H3,(H2,14,17)(H,16,18). The molecular weight excluding hydrogens is 276 g/mol. The molecule has 0 saturated heterocycles. The van der Waals surface area contributed by atoms with Crippen LogP contribution in [0.1, 0.15) is 16.2 Å². The molecule has 1 aromatic heterocycles. The van der Waals surface area contributed by atoms with Crippen molar-refractivity contribution in [3.05, 3.63) is 42.1 Å². The van der Waals surface area contributed by atoms with Crippen LogP contribution in [0.2, 0.25) is 0 Å². The third-order valence-corrected chi connectivity index (χ3v) is 2.58. The maximum Gasteiger partial charge on any atom is 0.293 e. The molecule has 0 unspecified atom stereocenters. The lowest BCUT2D eigenvalue weighted by atomic mass is 10.3. The van der Waals surface area contributed by atoms with E-state index in [1.807, 2.05) is 0 Å². The van der Waals surface area contributed by atoms with E-state index in [1.54, 1.807) is 31.2 Å². The number of nitrogens with zero attached hydrogens (tertiary/aromatic N) is 2. The van der Waals surface area contributed by atoms with E-state index in [0.717, 1.165) is 0 Å². The zero-order valence-corrected chi connectivity index (χ0v) is 11.2. The number of oxazole rings is 1. The maximum atomic E-state index is 11.9. The van der Waals surface area contributed by atoms with Crippen LogP contribution in [-0.4, -0.2) is 28.5 Å². The average molecular weight is 290 g/mol. The monoisotopic (exact) mass is 290 g/mol. The number of aromatic nitrogens is 1. The first kappa shape index (κ1) is 14.4. The van der Waals surface area contributed by atoms with Crippen molar-refractivity contribution in [3.63, 3.8) is 0 Å². The Bertz CT molecular complexity index is 648. The first-order valence-electron chi connectivity index (χ1n) is 6.01. The summed E-state index contributed by atoms with van der Waals surface area (Å²) < 4.78 is 10.3. The fourth-order valence-electron chi connectivity index (χ4n) is 1.53. The van der Waals surface area contributed by atoms with Gasteiger partial charge in [0.1, 0.15) is 12.4 Å². The van der Waals surface area contributed by atoms with Crippen LogP contribution >= 0.6 is 0 Å². The van der Waals surface area contributed by atoms with Crippen molar-refractivity contribution < 1.29 is 19.2 Å². The molecule has 21 heavy (non-hydrogen) atoms. The summed E-state index contributed by atoms with van der Waals surface area (Å²) in [6, 6.07) is 6.61. The van der Waals surface area contributed by atoms with Gasteiger partial charge in [-0.1, -0.05) is 5.16 Å². The summed E-state index contributed by atoms with van der Waals surface area (Å²) in [6.45, 7) is 1.65. The van der Waals surface area contributed by atoms with E-state index in [9.17, 15) is 4.79 Å². The predicted octanol–water partition coefficient (Wildman–Crippen LogP) is 1.36. The summed E-state index contributed by atoms with van der Waals surface area (Å²) in [5.74, 6) is 0.279. The van der Waals surface area contributed by atoms with E-state index in [2.05, 4.69) is 15.5 Å². The van der Waals surface area contributed by atoms with Gasteiger partial charge in [0.25, 0.3) is 5.91 Å². The van der Waals surface area contributed by atoms with E-state index in [-0.39, 0.29) is 24.1 Å². The average Bonchev–Trinajstić information content (AvgIpc) is 2.92. The largest absolute Gasteiger partial charge is 0.486 e. The van der Waals surface area contributed by atoms with Crippen LogP contribution < -0.4 is 15.8 Å². The number of amides is 1. The second-order valence-electron chi connectivity index (χ2n) is 4.13. The lowest BCUT2D eigenvalue weighted by molar-refractivity contribution is 0.0996. The fraction of sp³-hybridized carbons (Fsp3) is 0.154. The lowest BCUT2D eigenvalue weighted by Crippen LogP contribution is -2.20.